The molecule has 1 amide bonds. The average molecular weight is 249 g/mol. The van der Waals surface area contributed by atoms with Crippen molar-refractivity contribution in [3.05, 3.63) is 30.1 Å². The molecule has 88 valence electrons. The summed E-state index contributed by atoms with van der Waals surface area (Å²) in [5.74, 6) is -0.226. The summed E-state index contributed by atoms with van der Waals surface area (Å²) < 4.78 is 0. The van der Waals surface area contributed by atoms with Crippen LogP contribution in [0.25, 0.3) is 0 Å². The number of carbonyl (C=O) groups excluding carboxylic acids is 1. The van der Waals surface area contributed by atoms with Crippen molar-refractivity contribution >= 4 is 29.3 Å². The molecule has 6 nitrogen and oxygen atoms in total. The molecule has 0 bridgehead atoms. The first-order chi connectivity index (χ1) is 8.19. The summed E-state index contributed by atoms with van der Waals surface area (Å²) in [6.07, 6.45) is 1.99. The maximum atomic E-state index is 11.7. The zero-order valence-electron chi connectivity index (χ0n) is 9.10. The topological polar surface area (TPSA) is 96.7 Å². The number of aromatic nitrogens is 3. The maximum Gasteiger partial charge on any atom is 0.293 e. The van der Waals surface area contributed by atoms with E-state index in [2.05, 4.69) is 20.5 Å². The van der Waals surface area contributed by atoms with Crippen molar-refractivity contribution in [1.29, 1.82) is 0 Å². The zero-order valence-corrected chi connectivity index (χ0v) is 9.91. The van der Waals surface area contributed by atoms with E-state index in [1.807, 2.05) is 30.5 Å². The number of thioether (sulfide) groups is 1. The van der Waals surface area contributed by atoms with E-state index in [1.54, 1.807) is 11.8 Å². The number of nitrogens with one attached hydrogen (secondary N) is 2. The molecule has 2 aromatic rings. The van der Waals surface area contributed by atoms with Gasteiger partial charge in [0.1, 0.15) is 0 Å². The van der Waals surface area contributed by atoms with Gasteiger partial charge in [0.2, 0.25) is 11.8 Å². The summed E-state index contributed by atoms with van der Waals surface area (Å²) in [4.78, 5) is 16.5. The van der Waals surface area contributed by atoms with Crippen LogP contribution in [-0.2, 0) is 0 Å². The van der Waals surface area contributed by atoms with Gasteiger partial charge in [0.15, 0.2) is 0 Å². The van der Waals surface area contributed by atoms with Gasteiger partial charge in [-0.05, 0) is 30.5 Å². The predicted molar refractivity (Wildman–Crippen MR) is 67.0 cm³/mol. The Hall–Kier alpha value is -2.02. The molecule has 0 aliphatic rings. The van der Waals surface area contributed by atoms with Gasteiger partial charge in [0.25, 0.3) is 5.91 Å². The SMILES string of the molecule is CSc1ccc(NC(=O)c2nc(N)n[nH]2)cc1. The monoisotopic (exact) mass is 249 g/mol. The lowest BCUT2D eigenvalue weighted by Gasteiger charge is -2.03. The van der Waals surface area contributed by atoms with E-state index in [-0.39, 0.29) is 17.7 Å². The second-order valence-corrected chi connectivity index (χ2v) is 4.10. The predicted octanol–water partition coefficient (Wildman–Crippen LogP) is 1.36. The molecule has 1 aromatic carbocycles. The molecule has 0 fully saturated rings. The van der Waals surface area contributed by atoms with Crippen LogP contribution < -0.4 is 11.1 Å². The quantitative estimate of drug-likeness (QED) is 0.714. The van der Waals surface area contributed by atoms with E-state index in [0.29, 0.717) is 5.69 Å². The number of benzene rings is 1. The lowest BCUT2D eigenvalue weighted by Crippen LogP contribution is -2.13. The van der Waals surface area contributed by atoms with Crippen LogP contribution in [0, 0.1) is 0 Å². The van der Waals surface area contributed by atoms with E-state index in [4.69, 9.17) is 5.73 Å². The molecule has 7 heteroatoms. The van der Waals surface area contributed by atoms with Gasteiger partial charge in [-0.2, -0.15) is 4.98 Å². The minimum atomic E-state index is -0.369. The minimum absolute atomic E-state index is 0.0490. The third-order valence-corrected chi connectivity index (χ3v) is 2.81. The van der Waals surface area contributed by atoms with E-state index < -0.39 is 0 Å². The molecular formula is C10H11N5OS. The second kappa shape index (κ2) is 4.88. The highest BCUT2D eigenvalue weighted by molar-refractivity contribution is 7.98. The van der Waals surface area contributed by atoms with Gasteiger partial charge in [-0.3, -0.25) is 9.89 Å². The molecule has 0 saturated carbocycles. The van der Waals surface area contributed by atoms with Crippen LogP contribution >= 0.6 is 11.8 Å². The van der Waals surface area contributed by atoms with Crippen LogP contribution in [0.1, 0.15) is 10.6 Å². The Morgan fingerprint density at radius 1 is 1.41 bits per heavy atom. The number of aromatic amines is 1. The highest BCUT2D eigenvalue weighted by atomic mass is 32.2. The van der Waals surface area contributed by atoms with Gasteiger partial charge in [-0.15, -0.1) is 16.9 Å². The average Bonchev–Trinajstić information content (AvgIpc) is 2.77. The number of nitrogen functional groups attached to an aromatic ring is 1. The third-order valence-electron chi connectivity index (χ3n) is 2.07. The van der Waals surface area contributed by atoms with E-state index in [0.717, 1.165) is 4.90 Å². The van der Waals surface area contributed by atoms with E-state index in [1.165, 1.54) is 0 Å². The Kier molecular flexibility index (Phi) is 3.29. The van der Waals surface area contributed by atoms with Gasteiger partial charge in [-0.25, -0.2) is 0 Å². The fourth-order valence-electron chi connectivity index (χ4n) is 1.24. The molecule has 0 radical (unpaired) electrons. The number of H-pyrrole nitrogens is 1. The summed E-state index contributed by atoms with van der Waals surface area (Å²) in [5.41, 5.74) is 6.01. The number of nitrogens with two attached hydrogens (primary N) is 1. The number of carbonyl (C=O) groups is 1. The highest BCUT2D eigenvalue weighted by Crippen LogP contribution is 2.17. The Labute approximate surface area is 102 Å². The molecule has 2 rings (SSSR count). The van der Waals surface area contributed by atoms with Crippen molar-refractivity contribution in [2.45, 2.75) is 4.90 Å². The zero-order chi connectivity index (χ0) is 12.3. The van der Waals surface area contributed by atoms with Crippen LogP contribution in [0.5, 0.6) is 0 Å². The fraction of sp³-hybridized carbons (Fsp3) is 0.100. The minimum Gasteiger partial charge on any atom is -0.366 e. The first-order valence-corrected chi connectivity index (χ1v) is 6.05. The van der Waals surface area contributed by atoms with Crippen molar-refractivity contribution in [1.82, 2.24) is 15.2 Å². The number of amides is 1. The molecule has 17 heavy (non-hydrogen) atoms. The molecule has 1 aromatic heterocycles. The first kappa shape index (κ1) is 11.5. The molecule has 0 aliphatic carbocycles. The van der Waals surface area contributed by atoms with Crippen molar-refractivity contribution in [2.24, 2.45) is 0 Å². The summed E-state index contributed by atoms with van der Waals surface area (Å²) in [6, 6.07) is 7.50. The van der Waals surface area contributed by atoms with Crippen LogP contribution in [0.4, 0.5) is 11.6 Å². The van der Waals surface area contributed by atoms with Crippen molar-refractivity contribution in [3.63, 3.8) is 0 Å². The molecule has 0 aliphatic heterocycles. The normalized spacial score (nSPS) is 10.2. The molecule has 1 heterocycles. The van der Waals surface area contributed by atoms with Gasteiger partial charge in [0, 0.05) is 10.6 Å². The van der Waals surface area contributed by atoms with Gasteiger partial charge in [-0.1, -0.05) is 0 Å². The fourth-order valence-corrected chi connectivity index (χ4v) is 1.65. The molecule has 0 spiro atoms. The Morgan fingerprint density at radius 3 is 2.65 bits per heavy atom. The van der Waals surface area contributed by atoms with Crippen molar-refractivity contribution in [3.8, 4) is 0 Å². The van der Waals surface area contributed by atoms with E-state index in [9.17, 15) is 4.79 Å². The second-order valence-electron chi connectivity index (χ2n) is 3.22. The van der Waals surface area contributed by atoms with Gasteiger partial charge < -0.3 is 11.1 Å². The van der Waals surface area contributed by atoms with Crippen molar-refractivity contribution in [2.75, 3.05) is 17.3 Å². The van der Waals surface area contributed by atoms with Gasteiger partial charge >= 0.3 is 0 Å². The number of anilines is 2. The summed E-state index contributed by atoms with van der Waals surface area (Å²) in [7, 11) is 0. The molecule has 4 N–H and O–H groups in total. The van der Waals surface area contributed by atoms with Crippen LogP contribution in [0.3, 0.4) is 0 Å². The Bertz CT molecular complexity index is 522. The molecular weight excluding hydrogens is 238 g/mol. The number of hydrogen-bond acceptors (Lipinski definition) is 5. The number of hydrogen-bond donors (Lipinski definition) is 3. The Morgan fingerprint density at radius 2 is 2.12 bits per heavy atom. The largest absolute Gasteiger partial charge is 0.366 e. The maximum absolute atomic E-state index is 11.7. The van der Waals surface area contributed by atoms with Gasteiger partial charge in [0.05, 0.1) is 0 Å². The molecule has 0 atom stereocenters. The standard InChI is InChI=1S/C10H11N5OS/c1-17-7-4-2-6(3-5-7)12-9(16)8-13-10(11)15-14-8/h2-5H,1H3,(H,12,16)(H3,11,13,14,15). The van der Waals surface area contributed by atoms with Crippen LogP contribution in [0.15, 0.2) is 29.2 Å². The molecule has 0 saturated heterocycles. The van der Waals surface area contributed by atoms with Crippen LogP contribution in [0.2, 0.25) is 0 Å². The Balaban J connectivity index is 2.07. The summed E-state index contributed by atoms with van der Waals surface area (Å²) in [5, 5.41) is 8.72. The third kappa shape index (κ3) is 2.76. The smallest absolute Gasteiger partial charge is 0.293 e. The lowest BCUT2D eigenvalue weighted by molar-refractivity contribution is 0.101. The first-order valence-electron chi connectivity index (χ1n) is 4.82. The van der Waals surface area contributed by atoms with Crippen LogP contribution in [-0.4, -0.2) is 27.3 Å². The summed E-state index contributed by atoms with van der Waals surface area (Å²) in [6.45, 7) is 0. The van der Waals surface area contributed by atoms with E-state index >= 15 is 0 Å². The summed E-state index contributed by atoms with van der Waals surface area (Å²) >= 11 is 1.64. The number of rotatable bonds is 3. The molecule has 0 unspecified atom stereocenters. The van der Waals surface area contributed by atoms with Crippen molar-refractivity contribution < 1.29 is 4.79 Å². The number of nitrogens with zero attached hydrogens (tertiary/aromatic N) is 2. The highest BCUT2D eigenvalue weighted by Gasteiger charge is 2.10. The lowest BCUT2D eigenvalue weighted by atomic mass is 10.3.